The number of piperidine rings is 1. The number of benzene rings is 3. The van der Waals surface area contributed by atoms with E-state index in [4.69, 9.17) is 4.98 Å². The van der Waals surface area contributed by atoms with Gasteiger partial charge in [-0.1, -0.05) is 35.6 Å². The number of nitrogens with zero attached hydrogens (tertiary/aromatic N) is 2. The Hall–Kier alpha value is -2.86. The third kappa shape index (κ3) is 4.33. The molecule has 3 aromatic carbocycles. The summed E-state index contributed by atoms with van der Waals surface area (Å²) in [7, 11) is -7.40. The summed E-state index contributed by atoms with van der Waals surface area (Å²) < 4.78 is 52.3. The molecule has 1 amide bonds. The molecule has 4 aromatic rings. The van der Waals surface area contributed by atoms with Gasteiger partial charge in [0.15, 0.2) is 15.0 Å². The molecule has 1 fully saturated rings. The Balaban J connectivity index is 1.16. The number of sulfone groups is 1. The highest BCUT2D eigenvalue weighted by atomic mass is 32.2. The van der Waals surface area contributed by atoms with Crippen LogP contribution in [0.15, 0.2) is 58.3 Å². The number of amides is 1. The number of anilines is 1. The first-order chi connectivity index (χ1) is 17.6. The van der Waals surface area contributed by atoms with E-state index in [1.807, 2.05) is 0 Å². The molecule has 1 aliphatic carbocycles. The number of sulfonamides is 1. The Morgan fingerprint density at radius 3 is 2.43 bits per heavy atom. The molecule has 0 saturated carbocycles. The average Bonchev–Trinajstić information content (AvgIpc) is 3.48. The van der Waals surface area contributed by atoms with Crippen LogP contribution in [0.4, 0.5) is 5.13 Å². The molecule has 192 valence electrons. The van der Waals surface area contributed by atoms with Crippen LogP contribution in [0.3, 0.4) is 0 Å². The smallest absolute Gasteiger partial charge is 0.243 e. The topological polar surface area (TPSA) is 114 Å². The summed E-state index contributed by atoms with van der Waals surface area (Å²) in [6.45, 7) is 0.361. The molecule has 37 heavy (non-hydrogen) atoms. The van der Waals surface area contributed by atoms with E-state index < -0.39 is 19.9 Å². The highest BCUT2D eigenvalue weighted by molar-refractivity contribution is 7.91. The number of carbonyl (C=O) groups is 1. The Morgan fingerprint density at radius 1 is 0.973 bits per heavy atom. The Labute approximate surface area is 219 Å². The summed E-state index contributed by atoms with van der Waals surface area (Å²) in [5.74, 6) is -0.494. The molecular formula is C26H25N3O5S3. The minimum Gasteiger partial charge on any atom is -0.302 e. The van der Waals surface area contributed by atoms with Crippen molar-refractivity contribution < 1.29 is 21.6 Å². The van der Waals surface area contributed by atoms with E-state index in [9.17, 15) is 21.6 Å². The predicted octanol–water partition coefficient (Wildman–Crippen LogP) is 3.99. The van der Waals surface area contributed by atoms with Crippen molar-refractivity contribution in [1.29, 1.82) is 0 Å². The number of aryl methyl sites for hydroxylation is 2. The molecule has 2 aliphatic rings. The molecule has 0 atom stereocenters. The zero-order chi connectivity index (χ0) is 25.9. The van der Waals surface area contributed by atoms with Crippen LogP contribution in [0.5, 0.6) is 0 Å². The molecule has 0 unspecified atom stereocenters. The monoisotopic (exact) mass is 555 g/mol. The number of rotatable bonds is 5. The molecule has 0 bridgehead atoms. The highest BCUT2D eigenvalue weighted by Crippen LogP contribution is 2.39. The van der Waals surface area contributed by atoms with Crippen molar-refractivity contribution in [2.24, 2.45) is 5.92 Å². The quantitative estimate of drug-likeness (QED) is 0.398. The average molecular weight is 556 g/mol. The molecule has 8 nitrogen and oxygen atoms in total. The summed E-state index contributed by atoms with van der Waals surface area (Å²) >= 11 is 1.46. The van der Waals surface area contributed by atoms with E-state index >= 15 is 0 Å². The first-order valence-electron chi connectivity index (χ1n) is 12.1. The van der Waals surface area contributed by atoms with Crippen LogP contribution in [-0.2, 0) is 37.5 Å². The lowest BCUT2D eigenvalue weighted by atomic mass is 9.97. The van der Waals surface area contributed by atoms with Gasteiger partial charge >= 0.3 is 0 Å². The fraction of sp³-hybridized carbons (Fsp3) is 0.308. The Bertz CT molecular complexity index is 1790. The van der Waals surface area contributed by atoms with Crippen LogP contribution in [0.2, 0.25) is 0 Å². The van der Waals surface area contributed by atoms with E-state index in [2.05, 4.69) is 29.6 Å². The first-order valence-corrected chi connectivity index (χ1v) is 16.2. The normalized spacial score (nSPS) is 17.0. The maximum atomic E-state index is 13.1. The first kappa shape index (κ1) is 24.5. The SMILES string of the molecule is CS(=O)(=O)c1cccc(S(=O)(=O)N2CCC(C(=O)Nc3nc4c(cc5c6c(cccc64)CC5)s3)CC2)c1. The van der Waals surface area contributed by atoms with Crippen molar-refractivity contribution in [3.8, 4) is 0 Å². The van der Waals surface area contributed by atoms with Gasteiger partial charge in [-0.05, 0) is 66.5 Å². The third-order valence-corrected chi connectivity index (χ3v) is 11.2. The minimum absolute atomic E-state index is 0.0409. The second-order valence-electron chi connectivity index (χ2n) is 9.66. The molecular weight excluding hydrogens is 531 g/mol. The van der Waals surface area contributed by atoms with Crippen molar-refractivity contribution in [1.82, 2.24) is 9.29 Å². The lowest BCUT2D eigenvalue weighted by Gasteiger charge is -2.30. The summed E-state index contributed by atoms with van der Waals surface area (Å²) in [6.07, 6.45) is 3.86. The summed E-state index contributed by atoms with van der Waals surface area (Å²) in [5.41, 5.74) is 3.58. The van der Waals surface area contributed by atoms with Gasteiger partial charge in [0.05, 0.1) is 20.0 Å². The zero-order valence-corrected chi connectivity index (χ0v) is 22.5. The zero-order valence-electron chi connectivity index (χ0n) is 20.1. The highest BCUT2D eigenvalue weighted by Gasteiger charge is 2.33. The number of hydrogen-bond donors (Lipinski definition) is 1. The molecule has 0 radical (unpaired) electrons. The van der Waals surface area contributed by atoms with Gasteiger partial charge in [0.2, 0.25) is 15.9 Å². The van der Waals surface area contributed by atoms with Gasteiger partial charge in [0.1, 0.15) is 0 Å². The van der Waals surface area contributed by atoms with Crippen LogP contribution in [0, 0.1) is 5.92 Å². The van der Waals surface area contributed by atoms with Crippen LogP contribution in [-0.4, -0.2) is 51.4 Å². The van der Waals surface area contributed by atoms with Gasteiger partial charge in [0.25, 0.3) is 0 Å². The van der Waals surface area contributed by atoms with E-state index in [1.54, 1.807) is 0 Å². The molecule has 1 saturated heterocycles. The number of hydrogen-bond acceptors (Lipinski definition) is 7. The van der Waals surface area contributed by atoms with Crippen molar-refractivity contribution in [3.63, 3.8) is 0 Å². The van der Waals surface area contributed by atoms with E-state index in [0.717, 1.165) is 34.7 Å². The van der Waals surface area contributed by atoms with E-state index in [0.29, 0.717) is 18.0 Å². The van der Waals surface area contributed by atoms with Crippen molar-refractivity contribution in [2.75, 3.05) is 24.7 Å². The number of fused-ring (bicyclic) bond motifs is 2. The number of nitrogens with one attached hydrogen (secondary N) is 1. The second kappa shape index (κ2) is 8.87. The minimum atomic E-state index is -3.87. The molecule has 1 aromatic heterocycles. The molecule has 1 aliphatic heterocycles. The maximum absolute atomic E-state index is 13.1. The van der Waals surface area contributed by atoms with Crippen LogP contribution >= 0.6 is 11.3 Å². The molecule has 0 spiro atoms. The van der Waals surface area contributed by atoms with Crippen LogP contribution in [0.25, 0.3) is 21.0 Å². The molecule has 2 heterocycles. The molecule has 6 rings (SSSR count). The van der Waals surface area contributed by atoms with Gasteiger partial charge in [-0.3, -0.25) is 4.79 Å². The fourth-order valence-electron chi connectivity index (χ4n) is 5.34. The number of thiazole rings is 1. The molecule has 1 N–H and O–H groups in total. The Kier molecular flexibility index (Phi) is 5.86. The predicted molar refractivity (Wildman–Crippen MR) is 144 cm³/mol. The maximum Gasteiger partial charge on any atom is 0.243 e. The lowest BCUT2D eigenvalue weighted by molar-refractivity contribution is -0.120. The van der Waals surface area contributed by atoms with E-state index in [-0.39, 0.29) is 34.7 Å². The fourth-order valence-corrected chi connectivity index (χ4v) is 8.55. The summed E-state index contributed by atoms with van der Waals surface area (Å²) in [4.78, 5) is 17.7. The van der Waals surface area contributed by atoms with Crippen molar-refractivity contribution in [3.05, 3.63) is 59.7 Å². The van der Waals surface area contributed by atoms with Gasteiger partial charge in [0, 0.05) is 30.6 Å². The van der Waals surface area contributed by atoms with Crippen molar-refractivity contribution >= 4 is 63.2 Å². The van der Waals surface area contributed by atoms with Crippen molar-refractivity contribution in [2.45, 2.75) is 35.5 Å². The van der Waals surface area contributed by atoms with Gasteiger partial charge in [-0.25, -0.2) is 21.8 Å². The van der Waals surface area contributed by atoms with Gasteiger partial charge in [-0.15, -0.1) is 0 Å². The van der Waals surface area contributed by atoms with Gasteiger partial charge in [-0.2, -0.15) is 4.31 Å². The largest absolute Gasteiger partial charge is 0.302 e. The second-order valence-corrected chi connectivity index (χ2v) is 14.6. The van der Waals surface area contributed by atoms with Crippen LogP contribution in [0.1, 0.15) is 24.0 Å². The standard InChI is InChI=1S/C26H25N3O5S3/c1-36(31,32)19-5-3-6-20(15-19)37(33,34)29-12-10-17(11-13-29)25(30)28-26-27-24-21-7-2-4-16-8-9-18(23(16)21)14-22(24)35-26/h2-7,14-15,17H,8-13H2,1H3,(H,27,28,30). The summed E-state index contributed by atoms with van der Waals surface area (Å²) in [5, 5.41) is 5.92. The number of carbonyl (C=O) groups excluding carboxylic acids is 1. The lowest BCUT2D eigenvalue weighted by Crippen LogP contribution is -2.41. The molecule has 11 heteroatoms. The van der Waals surface area contributed by atoms with E-state index in [1.165, 1.54) is 56.4 Å². The summed E-state index contributed by atoms with van der Waals surface area (Å²) in [6, 6.07) is 13.9. The van der Waals surface area contributed by atoms with Gasteiger partial charge < -0.3 is 5.32 Å². The van der Waals surface area contributed by atoms with Crippen LogP contribution < -0.4 is 5.32 Å². The Morgan fingerprint density at radius 2 is 1.68 bits per heavy atom. The third-order valence-electron chi connectivity index (χ3n) is 7.28. The number of aromatic nitrogens is 1.